The maximum Gasteiger partial charge on any atom is 0.256 e. The second-order valence-electron chi connectivity index (χ2n) is 5.52. The average Bonchev–Trinajstić information content (AvgIpc) is 2.56. The number of pyridine rings is 1. The van der Waals surface area contributed by atoms with E-state index < -0.39 is 0 Å². The van der Waals surface area contributed by atoms with Gasteiger partial charge in [0.15, 0.2) is 0 Å². The van der Waals surface area contributed by atoms with E-state index in [0.717, 1.165) is 32.7 Å². The second-order valence-corrected chi connectivity index (χ2v) is 5.52. The van der Waals surface area contributed by atoms with Gasteiger partial charge in [-0.1, -0.05) is 30.3 Å². The van der Waals surface area contributed by atoms with Crippen LogP contribution in [0, 0.1) is 0 Å². The molecule has 22 heavy (non-hydrogen) atoms. The van der Waals surface area contributed by atoms with Gasteiger partial charge in [-0.25, -0.2) is 0 Å². The Balaban J connectivity index is 1.58. The van der Waals surface area contributed by atoms with E-state index in [-0.39, 0.29) is 5.91 Å². The van der Waals surface area contributed by atoms with E-state index in [1.54, 1.807) is 12.3 Å². The van der Waals surface area contributed by atoms with Gasteiger partial charge in [-0.3, -0.25) is 14.7 Å². The number of hydrogen-bond donors (Lipinski definition) is 1. The first kappa shape index (κ1) is 14.5. The Hall–Kier alpha value is -2.40. The van der Waals surface area contributed by atoms with Gasteiger partial charge in [-0.2, -0.15) is 0 Å². The zero-order valence-electron chi connectivity index (χ0n) is 12.5. The van der Waals surface area contributed by atoms with E-state index in [9.17, 15) is 4.79 Å². The summed E-state index contributed by atoms with van der Waals surface area (Å²) in [5.41, 5.74) is 8.13. The summed E-state index contributed by atoms with van der Waals surface area (Å²) in [7, 11) is 0. The molecule has 2 heterocycles. The Labute approximate surface area is 130 Å². The lowest BCUT2D eigenvalue weighted by Gasteiger charge is -2.35. The molecule has 1 fully saturated rings. The predicted octanol–water partition coefficient (Wildman–Crippen LogP) is 1.62. The maximum atomic E-state index is 12.5. The Morgan fingerprint density at radius 1 is 1.09 bits per heavy atom. The van der Waals surface area contributed by atoms with Gasteiger partial charge in [-0.15, -0.1) is 0 Å². The van der Waals surface area contributed by atoms with Crippen LogP contribution in [0.1, 0.15) is 15.9 Å². The van der Waals surface area contributed by atoms with Crippen molar-refractivity contribution in [2.75, 3.05) is 31.9 Å². The summed E-state index contributed by atoms with van der Waals surface area (Å²) < 4.78 is 0. The lowest BCUT2D eigenvalue weighted by molar-refractivity contribution is 0.0629. The summed E-state index contributed by atoms with van der Waals surface area (Å²) >= 11 is 0. The molecule has 0 bridgehead atoms. The van der Waals surface area contributed by atoms with E-state index in [0.29, 0.717) is 11.3 Å². The molecule has 0 spiro atoms. The number of rotatable bonds is 3. The quantitative estimate of drug-likeness (QED) is 0.935. The molecule has 1 aromatic carbocycles. The van der Waals surface area contributed by atoms with Gasteiger partial charge in [-0.05, 0) is 11.6 Å². The van der Waals surface area contributed by atoms with Crippen LogP contribution in [0.15, 0.2) is 48.8 Å². The number of carbonyl (C=O) groups excluding carboxylic acids is 1. The molecule has 0 radical (unpaired) electrons. The minimum atomic E-state index is -0.000684. The maximum absolute atomic E-state index is 12.5. The van der Waals surface area contributed by atoms with Crippen molar-refractivity contribution in [3.05, 3.63) is 59.9 Å². The first-order chi connectivity index (χ1) is 10.7. The Morgan fingerprint density at radius 2 is 1.82 bits per heavy atom. The molecule has 1 amide bonds. The third-order valence-corrected chi connectivity index (χ3v) is 3.99. The topological polar surface area (TPSA) is 62.5 Å². The smallest absolute Gasteiger partial charge is 0.256 e. The normalized spacial score (nSPS) is 15.7. The van der Waals surface area contributed by atoms with Gasteiger partial charge in [0, 0.05) is 38.9 Å². The molecule has 0 atom stereocenters. The van der Waals surface area contributed by atoms with Crippen molar-refractivity contribution >= 4 is 11.6 Å². The SMILES string of the molecule is Nc1cnccc1C(=O)N1CCN(Cc2ccccc2)CC1. The highest BCUT2D eigenvalue weighted by Gasteiger charge is 2.23. The minimum absolute atomic E-state index is 0.000684. The van der Waals surface area contributed by atoms with Crippen molar-refractivity contribution in [1.29, 1.82) is 0 Å². The van der Waals surface area contributed by atoms with Crippen molar-refractivity contribution < 1.29 is 4.79 Å². The number of amides is 1. The summed E-state index contributed by atoms with van der Waals surface area (Å²) in [4.78, 5) is 20.7. The van der Waals surface area contributed by atoms with Crippen LogP contribution in [0.2, 0.25) is 0 Å². The van der Waals surface area contributed by atoms with Crippen LogP contribution in [0.5, 0.6) is 0 Å². The summed E-state index contributed by atoms with van der Waals surface area (Å²) in [6, 6.07) is 12.1. The van der Waals surface area contributed by atoms with Crippen LogP contribution in [-0.4, -0.2) is 46.9 Å². The number of piperazine rings is 1. The average molecular weight is 296 g/mol. The number of nitrogens with two attached hydrogens (primary N) is 1. The molecule has 114 valence electrons. The Kier molecular flexibility index (Phi) is 4.34. The molecule has 2 N–H and O–H groups in total. The van der Waals surface area contributed by atoms with Crippen molar-refractivity contribution in [2.24, 2.45) is 0 Å². The van der Waals surface area contributed by atoms with Crippen LogP contribution in [0.3, 0.4) is 0 Å². The monoisotopic (exact) mass is 296 g/mol. The Morgan fingerprint density at radius 3 is 2.50 bits per heavy atom. The lowest BCUT2D eigenvalue weighted by atomic mass is 10.1. The molecular weight excluding hydrogens is 276 g/mol. The van der Waals surface area contributed by atoms with Gasteiger partial charge in [0.05, 0.1) is 17.4 Å². The van der Waals surface area contributed by atoms with Gasteiger partial charge >= 0.3 is 0 Å². The van der Waals surface area contributed by atoms with Gasteiger partial charge in [0.2, 0.25) is 0 Å². The number of anilines is 1. The van der Waals surface area contributed by atoms with Crippen molar-refractivity contribution in [1.82, 2.24) is 14.8 Å². The number of nitrogen functional groups attached to an aromatic ring is 1. The summed E-state index contributed by atoms with van der Waals surface area (Å²) in [6.07, 6.45) is 3.13. The largest absolute Gasteiger partial charge is 0.397 e. The van der Waals surface area contributed by atoms with Gasteiger partial charge in [0.25, 0.3) is 5.91 Å². The molecule has 0 aliphatic carbocycles. The molecule has 0 unspecified atom stereocenters. The zero-order chi connectivity index (χ0) is 15.4. The zero-order valence-corrected chi connectivity index (χ0v) is 12.5. The Bertz CT molecular complexity index is 636. The van der Waals surface area contributed by atoms with Crippen molar-refractivity contribution in [3.63, 3.8) is 0 Å². The summed E-state index contributed by atoms with van der Waals surface area (Å²) in [5, 5.41) is 0. The van der Waals surface area contributed by atoms with Crippen LogP contribution in [0.4, 0.5) is 5.69 Å². The predicted molar refractivity (Wildman–Crippen MR) is 86.3 cm³/mol. The van der Waals surface area contributed by atoms with Gasteiger partial charge < -0.3 is 10.6 Å². The van der Waals surface area contributed by atoms with Gasteiger partial charge in [0.1, 0.15) is 0 Å². The van der Waals surface area contributed by atoms with Crippen LogP contribution >= 0.6 is 0 Å². The molecule has 2 aromatic rings. The van der Waals surface area contributed by atoms with Crippen molar-refractivity contribution in [2.45, 2.75) is 6.54 Å². The van der Waals surface area contributed by atoms with E-state index in [1.165, 1.54) is 11.8 Å². The fourth-order valence-corrected chi connectivity index (χ4v) is 2.72. The molecule has 1 aliphatic rings. The first-order valence-corrected chi connectivity index (χ1v) is 7.49. The molecule has 5 heteroatoms. The fraction of sp³-hybridized carbons (Fsp3) is 0.294. The van der Waals surface area contributed by atoms with E-state index in [1.807, 2.05) is 11.0 Å². The van der Waals surface area contributed by atoms with E-state index in [4.69, 9.17) is 5.73 Å². The first-order valence-electron chi connectivity index (χ1n) is 7.49. The highest BCUT2D eigenvalue weighted by atomic mass is 16.2. The molecule has 0 saturated carbocycles. The number of nitrogens with zero attached hydrogens (tertiary/aromatic N) is 3. The van der Waals surface area contributed by atoms with Crippen LogP contribution in [-0.2, 0) is 6.54 Å². The van der Waals surface area contributed by atoms with Crippen LogP contribution < -0.4 is 5.73 Å². The second kappa shape index (κ2) is 6.58. The highest BCUT2D eigenvalue weighted by Crippen LogP contribution is 2.15. The lowest BCUT2D eigenvalue weighted by Crippen LogP contribution is -2.48. The molecule has 3 rings (SSSR count). The fourth-order valence-electron chi connectivity index (χ4n) is 2.72. The molecular formula is C17H20N4O. The van der Waals surface area contributed by atoms with Crippen molar-refractivity contribution in [3.8, 4) is 0 Å². The number of benzene rings is 1. The highest BCUT2D eigenvalue weighted by molar-refractivity contribution is 5.98. The third-order valence-electron chi connectivity index (χ3n) is 3.99. The number of aromatic nitrogens is 1. The molecule has 5 nitrogen and oxygen atoms in total. The molecule has 1 aromatic heterocycles. The van der Waals surface area contributed by atoms with E-state index >= 15 is 0 Å². The van der Waals surface area contributed by atoms with E-state index in [2.05, 4.69) is 34.1 Å². The third kappa shape index (κ3) is 3.26. The van der Waals surface area contributed by atoms with Crippen LogP contribution in [0.25, 0.3) is 0 Å². The number of hydrogen-bond acceptors (Lipinski definition) is 4. The standard InChI is InChI=1S/C17H20N4O/c18-16-12-19-7-6-15(16)17(22)21-10-8-20(9-11-21)13-14-4-2-1-3-5-14/h1-7,12H,8-11,13,18H2. The minimum Gasteiger partial charge on any atom is -0.397 e. The number of carbonyl (C=O) groups is 1. The molecule has 1 saturated heterocycles. The summed E-state index contributed by atoms with van der Waals surface area (Å²) in [6.45, 7) is 4.15. The molecule has 1 aliphatic heterocycles. The summed E-state index contributed by atoms with van der Waals surface area (Å²) in [5.74, 6) is -0.000684.